The molecule has 16 heavy (non-hydrogen) atoms. The first-order valence-electron chi connectivity index (χ1n) is 5.67. The van der Waals surface area contributed by atoms with Gasteiger partial charge in [-0.1, -0.05) is 34.8 Å². The van der Waals surface area contributed by atoms with Gasteiger partial charge in [-0.05, 0) is 38.1 Å². The molecule has 1 aliphatic rings. The summed E-state index contributed by atoms with van der Waals surface area (Å²) in [6.45, 7) is 5.59. The number of alkyl carbamates (subject to hydrolysis) is 1. The molecule has 0 aromatic carbocycles. The Labute approximate surface area is 106 Å². The van der Waals surface area contributed by atoms with E-state index in [1.807, 2.05) is 26.8 Å². The number of nitrogens with one attached hydrogen (secondary N) is 1. The maximum absolute atomic E-state index is 11.6. The Kier molecular flexibility index (Phi) is 4.84. The lowest BCUT2D eigenvalue weighted by atomic mass is 10.1. The number of halogens is 1. The number of hydrogen-bond acceptors (Lipinski definition) is 2. The van der Waals surface area contributed by atoms with Crippen molar-refractivity contribution in [2.24, 2.45) is 5.92 Å². The molecular formula is C12H20BrNO2. The Hall–Kier alpha value is -0.510. The molecule has 1 N–H and O–H groups in total. The molecular weight excluding hydrogens is 270 g/mol. The van der Waals surface area contributed by atoms with Crippen LogP contribution in [-0.4, -0.2) is 17.7 Å². The lowest BCUT2D eigenvalue weighted by Gasteiger charge is -2.22. The molecule has 0 aromatic rings. The smallest absolute Gasteiger partial charge is 0.408 e. The lowest BCUT2D eigenvalue weighted by molar-refractivity contribution is 0.0511. The molecule has 1 atom stereocenters. The predicted molar refractivity (Wildman–Crippen MR) is 68.6 cm³/mol. The molecule has 0 saturated heterocycles. The number of amides is 1. The summed E-state index contributed by atoms with van der Waals surface area (Å²) in [5.74, 6) is 0.767. The molecule has 1 amide bonds. The highest BCUT2D eigenvalue weighted by Gasteiger charge is 2.26. The standard InChI is InChI=1S/C12H20BrNO2/c1-12(2,3)16-11(15)14-10(6-7-13)8-9-4-5-9/h6-7,9-10H,4-5,8H2,1-3H3,(H,14,15)/b7-6+. The Bertz CT molecular complexity index is 267. The van der Waals surface area contributed by atoms with Crippen LogP contribution in [0.25, 0.3) is 0 Å². The average molecular weight is 290 g/mol. The highest BCUT2D eigenvalue weighted by Crippen LogP contribution is 2.33. The first kappa shape index (κ1) is 13.6. The fraction of sp³-hybridized carbons (Fsp3) is 0.750. The number of hydrogen-bond donors (Lipinski definition) is 1. The third kappa shape index (κ3) is 6.16. The summed E-state index contributed by atoms with van der Waals surface area (Å²) in [5.41, 5.74) is -0.438. The van der Waals surface area contributed by atoms with Crippen LogP contribution in [-0.2, 0) is 4.74 Å². The van der Waals surface area contributed by atoms with Crippen molar-refractivity contribution in [3.8, 4) is 0 Å². The van der Waals surface area contributed by atoms with Gasteiger partial charge in [-0.15, -0.1) is 0 Å². The summed E-state index contributed by atoms with van der Waals surface area (Å²) in [6, 6.07) is 0.0710. The van der Waals surface area contributed by atoms with E-state index in [1.165, 1.54) is 12.8 Å². The van der Waals surface area contributed by atoms with Gasteiger partial charge < -0.3 is 10.1 Å². The largest absolute Gasteiger partial charge is 0.444 e. The first-order valence-corrected chi connectivity index (χ1v) is 6.58. The highest BCUT2D eigenvalue weighted by atomic mass is 79.9. The maximum Gasteiger partial charge on any atom is 0.408 e. The fourth-order valence-electron chi connectivity index (χ4n) is 1.45. The zero-order valence-electron chi connectivity index (χ0n) is 10.1. The molecule has 3 nitrogen and oxygen atoms in total. The van der Waals surface area contributed by atoms with Crippen molar-refractivity contribution >= 4 is 22.0 Å². The third-order valence-electron chi connectivity index (χ3n) is 2.29. The van der Waals surface area contributed by atoms with Gasteiger partial charge in [0, 0.05) is 0 Å². The summed E-state index contributed by atoms with van der Waals surface area (Å²) in [5, 5.41) is 2.87. The van der Waals surface area contributed by atoms with Crippen molar-refractivity contribution in [3.63, 3.8) is 0 Å². The van der Waals surface area contributed by atoms with Gasteiger partial charge >= 0.3 is 6.09 Å². The zero-order valence-corrected chi connectivity index (χ0v) is 11.7. The van der Waals surface area contributed by atoms with Crippen molar-refractivity contribution in [2.45, 2.75) is 51.7 Å². The van der Waals surface area contributed by atoms with Crippen molar-refractivity contribution < 1.29 is 9.53 Å². The van der Waals surface area contributed by atoms with E-state index in [2.05, 4.69) is 21.2 Å². The van der Waals surface area contributed by atoms with Crippen molar-refractivity contribution in [2.75, 3.05) is 0 Å². The number of carbonyl (C=O) groups is 1. The van der Waals surface area contributed by atoms with E-state index in [4.69, 9.17) is 4.74 Å². The van der Waals surface area contributed by atoms with E-state index < -0.39 is 5.60 Å². The van der Waals surface area contributed by atoms with Gasteiger partial charge in [-0.3, -0.25) is 0 Å². The number of rotatable bonds is 4. The predicted octanol–water partition coefficient (Wildman–Crippen LogP) is 3.59. The maximum atomic E-state index is 11.6. The van der Waals surface area contributed by atoms with Gasteiger partial charge in [0.2, 0.25) is 0 Å². The quantitative estimate of drug-likeness (QED) is 0.859. The average Bonchev–Trinajstić information content (AvgIpc) is 2.84. The monoisotopic (exact) mass is 289 g/mol. The summed E-state index contributed by atoms with van der Waals surface area (Å²) in [7, 11) is 0. The van der Waals surface area contributed by atoms with E-state index in [0.29, 0.717) is 0 Å². The topological polar surface area (TPSA) is 38.3 Å². The number of ether oxygens (including phenoxy) is 1. The molecule has 92 valence electrons. The van der Waals surface area contributed by atoms with Crippen LogP contribution < -0.4 is 5.32 Å². The normalized spacial score (nSPS) is 18.5. The SMILES string of the molecule is CC(C)(C)OC(=O)NC(/C=C/Br)CC1CC1. The zero-order chi connectivity index (χ0) is 12.2. The Morgan fingerprint density at radius 2 is 2.19 bits per heavy atom. The van der Waals surface area contributed by atoms with Crippen LogP contribution >= 0.6 is 15.9 Å². The Morgan fingerprint density at radius 3 is 2.62 bits per heavy atom. The first-order chi connectivity index (χ1) is 7.40. The van der Waals surface area contributed by atoms with Crippen molar-refractivity contribution in [1.29, 1.82) is 0 Å². The van der Waals surface area contributed by atoms with E-state index in [1.54, 1.807) is 4.99 Å². The van der Waals surface area contributed by atoms with E-state index >= 15 is 0 Å². The lowest BCUT2D eigenvalue weighted by Crippen LogP contribution is -2.38. The molecule has 0 heterocycles. The van der Waals surface area contributed by atoms with Gasteiger partial charge in [0.05, 0.1) is 6.04 Å². The van der Waals surface area contributed by atoms with Crippen LogP contribution in [0.2, 0.25) is 0 Å². The van der Waals surface area contributed by atoms with Gasteiger partial charge in [0.25, 0.3) is 0 Å². The molecule has 1 rings (SSSR count). The minimum absolute atomic E-state index is 0.0710. The second-order valence-corrected chi connectivity index (χ2v) is 5.78. The summed E-state index contributed by atoms with van der Waals surface area (Å²) < 4.78 is 5.22. The van der Waals surface area contributed by atoms with Crippen LogP contribution in [0.3, 0.4) is 0 Å². The highest BCUT2D eigenvalue weighted by molar-refractivity contribution is 9.11. The third-order valence-corrected chi connectivity index (χ3v) is 2.60. The minimum Gasteiger partial charge on any atom is -0.444 e. The molecule has 0 bridgehead atoms. The van der Waals surface area contributed by atoms with Crippen LogP contribution in [0.1, 0.15) is 40.0 Å². The van der Waals surface area contributed by atoms with Crippen LogP contribution in [0, 0.1) is 5.92 Å². The minimum atomic E-state index is -0.438. The molecule has 1 unspecified atom stereocenters. The Morgan fingerprint density at radius 1 is 1.56 bits per heavy atom. The van der Waals surface area contributed by atoms with Crippen molar-refractivity contribution in [1.82, 2.24) is 5.32 Å². The number of carbonyl (C=O) groups excluding carboxylic acids is 1. The van der Waals surface area contributed by atoms with E-state index in [0.717, 1.165) is 12.3 Å². The van der Waals surface area contributed by atoms with Crippen molar-refractivity contribution in [3.05, 3.63) is 11.1 Å². The molecule has 1 fully saturated rings. The molecule has 1 aliphatic carbocycles. The second kappa shape index (κ2) is 5.71. The van der Waals surface area contributed by atoms with Crippen LogP contribution in [0.5, 0.6) is 0 Å². The van der Waals surface area contributed by atoms with Crippen LogP contribution in [0.4, 0.5) is 4.79 Å². The van der Waals surface area contributed by atoms with Gasteiger partial charge in [-0.25, -0.2) is 4.79 Å². The summed E-state index contributed by atoms with van der Waals surface area (Å²) in [6.07, 6.45) is 5.17. The summed E-state index contributed by atoms with van der Waals surface area (Å²) in [4.78, 5) is 13.4. The van der Waals surface area contributed by atoms with E-state index in [-0.39, 0.29) is 12.1 Å². The van der Waals surface area contributed by atoms with E-state index in [9.17, 15) is 4.79 Å². The second-order valence-electron chi connectivity index (χ2n) is 5.25. The molecule has 0 aliphatic heterocycles. The van der Waals surface area contributed by atoms with Gasteiger partial charge in [0.1, 0.15) is 5.60 Å². The summed E-state index contributed by atoms with van der Waals surface area (Å²) >= 11 is 3.24. The molecule has 0 aromatic heterocycles. The fourth-order valence-corrected chi connectivity index (χ4v) is 1.81. The molecule has 0 spiro atoms. The molecule has 0 radical (unpaired) electrons. The van der Waals surface area contributed by atoms with Gasteiger partial charge in [-0.2, -0.15) is 0 Å². The molecule has 4 heteroatoms. The van der Waals surface area contributed by atoms with Crippen LogP contribution in [0.15, 0.2) is 11.1 Å². The molecule has 1 saturated carbocycles. The Balaban J connectivity index is 2.37. The van der Waals surface area contributed by atoms with Gasteiger partial charge in [0.15, 0.2) is 0 Å².